The van der Waals surface area contributed by atoms with Gasteiger partial charge >= 0.3 is 0 Å². The largest absolute Gasteiger partial charge is 0.361 e. The minimum Gasteiger partial charge on any atom is -0.361 e. The fourth-order valence-electron chi connectivity index (χ4n) is 3.49. The molecule has 0 saturated heterocycles. The van der Waals surface area contributed by atoms with E-state index in [4.69, 9.17) is 111 Å². The van der Waals surface area contributed by atoms with Crippen molar-refractivity contribution in [1.29, 1.82) is 0 Å². The van der Waals surface area contributed by atoms with Gasteiger partial charge in [-0.25, -0.2) is 0 Å². The highest BCUT2D eigenvalue weighted by atomic mass is 32.2. The van der Waals surface area contributed by atoms with E-state index < -0.39 is 34.2 Å². The zero-order chi connectivity index (χ0) is 30.0. The van der Waals surface area contributed by atoms with Crippen LogP contribution in [0.25, 0.3) is 0 Å². The minimum atomic E-state index is -0.655. The second-order valence-electron chi connectivity index (χ2n) is 7.31. The molecule has 0 aliphatic carbocycles. The summed E-state index contributed by atoms with van der Waals surface area (Å²) in [5, 5.41) is 16.7. The molecule has 0 spiro atoms. The van der Waals surface area contributed by atoms with Crippen molar-refractivity contribution in [3.8, 4) is 0 Å². The Labute approximate surface area is 310 Å². The number of rotatable bonds is 12. The van der Waals surface area contributed by atoms with Gasteiger partial charge in [-0.15, -0.1) is 75.8 Å². The van der Waals surface area contributed by atoms with Crippen molar-refractivity contribution in [1.82, 2.24) is 31.9 Å². The van der Waals surface area contributed by atoms with Crippen LogP contribution < -0.4 is 31.9 Å². The van der Waals surface area contributed by atoms with Crippen molar-refractivity contribution >= 4 is 213 Å². The predicted octanol–water partition coefficient (Wildman–Crippen LogP) is 4.40. The van der Waals surface area contributed by atoms with Gasteiger partial charge in [-0.3, -0.25) is 0 Å². The van der Waals surface area contributed by atoms with Gasteiger partial charge in [0.15, 0.2) is 0 Å². The minimum absolute atomic E-state index is 0.198. The average molecular weight is 805 g/mol. The molecule has 39 heavy (non-hydrogen) atoms. The lowest BCUT2D eigenvalue weighted by Crippen LogP contribution is -2.46. The first kappa shape index (κ1) is 38.7. The smallest absolute Gasteiger partial charge is 0.131 e. The molecule has 6 unspecified atom stereocenters. The summed E-state index contributed by atoms with van der Waals surface area (Å²) in [7, 11) is 0. The number of hydrogen-bond acceptors (Lipinski definition) is 9. The fraction of sp³-hybridized carbons (Fsp3) is 0.333. The van der Waals surface area contributed by atoms with Gasteiger partial charge in [0.25, 0.3) is 0 Å². The number of hydrogen-bond donors (Lipinski definition) is 15. The summed E-state index contributed by atoms with van der Waals surface area (Å²) in [6.45, 7) is 0. The van der Waals surface area contributed by atoms with Gasteiger partial charge in [0.1, 0.15) is 25.9 Å². The maximum Gasteiger partial charge on any atom is 0.131 e. The number of thiocarbonyl (C=S) groups is 6. The quantitative estimate of drug-likeness (QED) is 0.0843. The van der Waals surface area contributed by atoms with Crippen molar-refractivity contribution in [2.45, 2.75) is 34.2 Å². The molecule has 0 heterocycles. The van der Waals surface area contributed by atoms with E-state index in [1.165, 1.54) is 0 Å². The Morgan fingerprint density at radius 2 is 0.718 bits per heavy atom. The number of thiol groups is 9. The van der Waals surface area contributed by atoms with E-state index >= 15 is 0 Å². The van der Waals surface area contributed by atoms with Crippen molar-refractivity contribution in [2.24, 2.45) is 0 Å². The van der Waals surface area contributed by atoms with Crippen LogP contribution in [0.15, 0.2) is 18.2 Å². The molecule has 0 saturated carbocycles. The molecule has 1 aromatic carbocycles. The van der Waals surface area contributed by atoms with Crippen LogP contribution in [0.4, 0.5) is 0 Å². The molecule has 6 atom stereocenters. The van der Waals surface area contributed by atoms with Crippen LogP contribution in [-0.4, -0.2) is 42.0 Å². The van der Waals surface area contributed by atoms with E-state index in [-0.39, 0.29) is 25.9 Å². The molecule has 6 nitrogen and oxygen atoms in total. The van der Waals surface area contributed by atoms with E-state index in [9.17, 15) is 0 Å². The molecule has 0 fully saturated rings. The standard InChI is InChI=1S/C18H24N6S15/c25-10(22-16(34)35)7(19-13(28)29)4-2-1-3-5(8(20-14(30)31)11(26)23-17(36)37)6(4)9(21-15(32)33)12(27)24-18(38)39/h1-3,7-12,25-27H,(H2,19,28,29)(H2,20,30,31)(H2,21,32,33)(H2,22,34,35)(H2,23,36,37)(H2,24,38,39). The van der Waals surface area contributed by atoms with Crippen molar-refractivity contribution in [3.63, 3.8) is 0 Å². The summed E-state index contributed by atoms with van der Waals surface area (Å²) in [5.74, 6) is 0. The monoisotopic (exact) mass is 804 g/mol. The van der Waals surface area contributed by atoms with Crippen molar-refractivity contribution in [3.05, 3.63) is 34.9 Å². The summed E-state index contributed by atoms with van der Waals surface area (Å²) in [6.07, 6.45) is 0. The lowest BCUT2D eigenvalue weighted by Gasteiger charge is -2.37. The first-order valence-corrected chi connectivity index (χ1v) is 16.9. The molecular weight excluding hydrogens is 781 g/mol. The highest BCUT2D eigenvalue weighted by molar-refractivity contribution is 8.12. The lowest BCUT2D eigenvalue weighted by molar-refractivity contribution is 0.532. The Balaban J connectivity index is 4.13. The predicted molar refractivity (Wildman–Crippen MR) is 221 cm³/mol. The maximum absolute atomic E-state index is 5.31. The first-order valence-electron chi connectivity index (χ1n) is 10.2. The third kappa shape index (κ3) is 13.9. The van der Waals surface area contributed by atoms with Gasteiger partial charge in [0, 0.05) is 0 Å². The van der Waals surface area contributed by atoms with Gasteiger partial charge in [-0.1, -0.05) is 91.5 Å². The third-order valence-electron chi connectivity index (χ3n) is 4.75. The second-order valence-corrected chi connectivity index (χ2v) is 15.9. The van der Waals surface area contributed by atoms with Gasteiger partial charge in [-0.05, 0) is 16.7 Å². The zero-order valence-electron chi connectivity index (χ0n) is 19.2. The van der Waals surface area contributed by atoms with Crippen LogP contribution in [-0.2, 0) is 0 Å². The van der Waals surface area contributed by atoms with Crippen LogP contribution in [0.1, 0.15) is 34.8 Å². The molecule has 0 aromatic heterocycles. The van der Waals surface area contributed by atoms with Crippen molar-refractivity contribution in [2.75, 3.05) is 0 Å². The number of benzene rings is 1. The highest BCUT2D eigenvalue weighted by Gasteiger charge is 2.35. The Hall–Kier alpha value is 1.71. The van der Waals surface area contributed by atoms with Crippen LogP contribution in [0.2, 0.25) is 0 Å². The van der Waals surface area contributed by atoms with E-state index in [1.54, 1.807) is 0 Å². The van der Waals surface area contributed by atoms with E-state index in [2.05, 4.69) is 108 Å². The maximum atomic E-state index is 5.31. The molecule has 0 amide bonds. The molecule has 6 N–H and O–H groups in total. The molecule has 21 heteroatoms. The first-order chi connectivity index (χ1) is 18.0. The molecule has 0 aliphatic heterocycles. The summed E-state index contributed by atoms with van der Waals surface area (Å²) < 4.78 is 1.30. The van der Waals surface area contributed by atoms with E-state index in [0.29, 0.717) is 16.7 Å². The molecule has 1 aromatic rings. The Bertz CT molecular complexity index is 1040. The van der Waals surface area contributed by atoms with Gasteiger partial charge < -0.3 is 31.9 Å². The lowest BCUT2D eigenvalue weighted by atomic mass is 9.87. The Morgan fingerprint density at radius 3 is 1.00 bits per heavy atom. The summed E-state index contributed by atoms with van der Waals surface area (Å²) in [4.78, 5) is 0. The molecular formula is C18H24N6S15. The molecule has 216 valence electrons. The van der Waals surface area contributed by atoms with Crippen LogP contribution >= 0.6 is 187 Å². The van der Waals surface area contributed by atoms with Crippen molar-refractivity contribution < 1.29 is 0 Å². The zero-order valence-corrected chi connectivity index (χ0v) is 32.1. The molecule has 0 radical (unpaired) electrons. The summed E-state index contributed by atoms with van der Waals surface area (Å²) in [5.41, 5.74) is 2.10. The molecule has 0 bridgehead atoms. The van der Waals surface area contributed by atoms with Gasteiger partial charge in [0.05, 0.1) is 34.2 Å². The topological polar surface area (TPSA) is 72.2 Å². The highest BCUT2D eigenvalue weighted by Crippen LogP contribution is 2.37. The van der Waals surface area contributed by atoms with Crippen LogP contribution in [0, 0.1) is 0 Å². The molecule has 0 aliphatic rings. The SMILES string of the molecule is S=C(S)NC(S)C(NC(=S)S)c1cccc(C(NC(=S)S)C(S)NC(=S)S)c1C(NC(=S)S)C(S)NC(=S)S. The fourth-order valence-corrected chi connectivity index (χ4v) is 6.74. The normalized spacial score (nSPS) is 15.3. The Morgan fingerprint density at radius 1 is 0.462 bits per heavy atom. The van der Waals surface area contributed by atoms with Gasteiger partial charge in [0.2, 0.25) is 0 Å². The molecule has 1 rings (SSSR count). The summed E-state index contributed by atoms with van der Waals surface area (Å²) in [6, 6.07) is 3.76. The van der Waals surface area contributed by atoms with Crippen LogP contribution in [0.5, 0.6) is 0 Å². The van der Waals surface area contributed by atoms with Crippen LogP contribution in [0.3, 0.4) is 0 Å². The summed E-state index contributed by atoms with van der Waals surface area (Å²) >= 11 is 71.1. The second kappa shape index (κ2) is 19.2. The van der Waals surface area contributed by atoms with E-state index in [0.717, 1.165) is 0 Å². The Kier molecular flexibility index (Phi) is 19.0. The average Bonchev–Trinajstić information content (AvgIpc) is 2.77. The number of nitrogens with one attached hydrogen (secondary N) is 6. The van der Waals surface area contributed by atoms with E-state index in [1.807, 2.05) is 18.2 Å². The third-order valence-corrected chi connectivity index (χ3v) is 7.52. The van der Waals surface area contributed by atoms with Gasteiger partial charge in [-0.2, -0.15) is 37.9 Å².